The van der Waals surface area contributed by atoms with Gasteiger partial charge in [0.1, 0.15) is 0 Å². The minimum absolute atomic E-state index is 0.267. The lowest BCUT2D eigenvalue weighted by atomic mass is 9.90. The Kier molecular flexibility index (Phi) is 4.55. The van der Waals surface area contributed by atoms with E-state index in [9.17, 15) is 0 Å². The molecule has 1 aliphatic carbocycles. The van der Waals surface area contributed by atoms with Crippen molar-refractivity contribution in [3.8, 4) is 16.9 Å². The summed E-state index contributed by atoms with van der Waals surface area (Å²) >= 11 is 6.43. The normalized spacial score (nSPS) is 15.2. The predicted molar refractivity (Wildman–Crippen MR) is 146 cm³/mol. The maximum Gasteiger partial charge on any atom is 0.223 e. The van der Waals surface area contributed by atoms with Gasteiger partial charge in [-0.3, -0.25) is 0 Å². The number of hydrogen-bond donors (Lipinski definition) is 0. The minimum Gasteiger partial charge on any atom is -0.310 e. The number of benzene rings is 4. The van der Waals surface area contributed by atoms with Gasteiger partial charge in [0.05, 0.1) is 16.7 Å². The van der Waals surface area contributed by atoms with Crippen molar-refractivity contribution in [3.05, 3.63) is 108 Å². The molecule has 0 aliphatic heterocycles. The second-order valence-electron chi connectivity index (χ2n) is 9.26. The molecule has 0 amide bonds. The van der Waals surface area contributed by atoms with Crippen molar-refractivity contribution in [1.29, 1.82) is 0 Å². The second-order valence-corrected chi connectivity index (χ2v) is 9.60. The van der Waals surface area contributed by atoms with E-state index in [0.29, 0.717) is 5.92 Å². The maximum absolute atomic E-state index is 6.43. The molecule has 4 heteroatoms. The zero-order valence-electron chi connectivity index (χ0n) is 19.2. The molecule has 0 N–H and O–H groups in total. The first-order chi connectivity index (χ1) is 17.2. The molecule has 2 heterocycles. The van der Waals surface area contributed by atoms with Gasteiger partial charge in [0.25, 0.3) is 0 Å². The summed E-state index contributed by atoms with van der Waals surface area (Å²) in [4.78, 5) is 9.30. The summed E-state index contributed by atoms with van der Waals surface area (Å²) in [6.07, 6.45) is 5.60. The highest BCUT2D eigenvalue weighted by Gasteiger charge is 2.24. The number of halogens is 1. The summed E-state index contributed by atoms with van der Waals surface area (Å²) in [5.41, 5.74) is 7.82. The van der Waals surface area contributed by atoms with E-state index in [1.54, 1.807) is 0 Å². The molecule has 4 aromatic carbocycles. The molecular formula is C31H22ClN3. The molecule has 0 fully saturated rings. The van der Waals surface area contributed by atoms with E-state index >= 15 is 0 Å². The van der Waals surface area contributed by atoms with E-state index < -0.39 is 0 Å². The van der Waals surface area contributed by atoms with E-state index in [1.807, 2.05) is 6.07 Å². The molecule has 168 valence electrons. The Morgan fingerprint density at radius 3 is 2.57 bits per heavy atom. The average Bonchev–Trinajstić information content (AvgIpc) is 3.23. The Balaban J connectivity index is 1.56. The van der Waals surface area contributed by atoms with Crippen molar-refractivity contribution in [2.45, 2.75) is 19.3 Å². The third kappa shape index (κ3) is 3.12. The quantitative estimate of drug-likeness (QED) is 0.187. The average molecular weight is 472 g/mol. The molecular weight excluding hydrogens is 450 g/mol. The van der Waals surface area contributed by atoms with Crippen molar-refractivity contribution in [2.24, 2.45) is 0 Å². The largest absolute Gasteiger partial charge is 0.310 e. The van der Waals surface area contributed by atoms with Crippen molar-refractivity contribution in [1.82, 2.24) is 14.5 Å². The Bertz CT molecular complexity index is 1800. The molecule has 0 saturated carbocycles. The van der Waals surface area contributed by atoms with Gasteiger partial charge in [-0.2, -0.15) is 0 Å². The molecule has 2 aromatic heterocycles. The van der Waals surface area contributed by atoms with Crippen LogP contribution in [0, 0.1) is 0 Å². The first-order valence-electron chi connectivity index (χ1n) is 11.9. The Morgan fingerprint density at radius 1 is 0.857 bits per heavy atom. The second kappa shape index (κ2) is 7.79. The lowest BCUT2D eigenvalue weighted by Crippen LogP contribution is -2.02. The van der Waals surface area contributed by atoms with Gasteiger partial charge in [-0.05, 0) is 76.7 Å². The molecule has 0 spiro atoms. The first-order valence-corrected chi connectivity index (χ1v) is 12.3. The highest BCUT2D eigenvalue weighted by molar-refractivity contribution is 6.29. The van der Waals surface area contributed by atoms with Gasteiger partial charge in [0.2, 0.25) is 5.28 Å². The fourth-order valence-corrected chi connectivity index (χ4v) is 5.78. The minimum atomic E-state index is 0.267. The van der Waals surface area contributed by atoms with Gasteiger partial charge < -0.3 is 4.57 Å². The van der Waals surface area contributed by atoms with Gasteiger partial charge >= 0.3 is 0 Å². The summed E-state index contributed by atoms with van der Waals surface area (Å²) in [6, 6.07) is 29.8. The number of aromatic nitrogens is 3. The van der Waals surface area contributed by atoms with E-state index in [-0.39, 0.29) is 5.28 Å². The zero-order valence-corrected chi connectivity index (χ0v) is 20.0. The number of fused-ring (bicyclic) bond motifs is 6. The summed E-state index contributed by atoms with van der Waals surface area (Å²) in [5.74, 6) is 0.435. The lowest BCUT2D eigenvalue weighted by molar-refractivity contribution is 0.773. The number of rotatable bonds is 2. The van der Waals surface area contributed by atoms with Crippen molar-refractivity contribution < 1.29 is 0 Å². The Morgan fingerprint density at radius 2 is 1.69 bits per heavy atom. The summed E-state index contributed by atoms with van der Waals surface area (Å²) in [6.45, 7) is 2.31. The number of allylic oxidation sites excluding steroid dienone is 1. The third-order valence-corrected chi connectivity index (χ3v) is 7.32. The molecule has 1 aliphatic rings. The summed E-state index contributed by atoms with van der Waals surface area (Å²) in [7, 11) is 0. The number of nitrogens with zero attached hydrogens (tertiary/aromatic N) is 3. The van der Waals surface area contributed by atoms with Crippen LogP contribution in [-0.4, -0.2) is 14.5 Å². The highest BCUT2D eigenvalue weighted by Crippen LogP contribution is 2.42. The van der Waals surface area contributed by atoms with E-state index in [4.69, 9.17) is 16.6 Å². The smallest absolute Gasteiger partial charge is 0.223 e. The monoisotopic (exact) mass is 471 g/mol. The molecule has 0 radical (unpaired) electrons. The molecule has 1 unspecified atom stereocenters. The van der Waals surface area contributed by atoms with Crippen LogP contribution in [0.1, 0.15) is 30.5 Å². The summed E-state index contributed by atoms with van der Waals surface area (Å²) < 4.78 is 2.38. The van der Waals surface area contributed by atoms with Gasteiger partial charge in [0, 0.05) is 27.7 Å². The molecule has 6 aromatic rings. The van der Waals surface area contributed by atoms with Gasteiger partial charge in [-0.15, -0.1) is 0 Å². The molecule has 35 heavy (non-hydrogen) atoms. The van der Waals surface area contributed by atoms with Crippen LogP contribution < -0.4 is 0 Å². The van der Waals surface area contributed by atoms with Crippen molar-refractivity contribution in [2.75, 3.05) is 0 Å². The Hall–Kier alpha value is -3.95. The third-order valence-electron chi connectivity index (χ3n) is 7.15. The van der Waals surface area contributed by atoms with Crippen molar-refractivity contribution in [3.63, 3.8) is 0 Å². The highest BCUT2D eigenvalue weighted by atomic mass is 35.5. The molecule has 0 saturated heterocycles. The standard InChI is InChI=1S/C31H22ClN3/c1-19-8-7-13-27-28(19)24-18-21(15-17-26(24)35(27)22-10-3-2-4-11-22)30-29-23-12-6-5-9-20(23)14-16-25(29)33-31(32)34-30/h2-7,9-19H,8H2,1H3. The fraction of sp³-hybridized carbons (Fsp3) is 0.0968. The van der Waals surface area contributed by atoms with E-state index in [1.165, 1.54) is 33.2 Å². The van der Waals surface area contributed by atoms with Crippen LogP contribution >= 0.6 is 11.6 Å². The van der Waals surface area contributed by atoms with Gasteiger partial charge in [-0.25, -0.2) is 9.97 Å². The molecule has 1 atom stereocenters. The van der Waals surface area contributed by atoms with Crippen LogP contribution in [0.2, 0.25) is 5.28 Å². The molecule has 0 bridgehead atoms. The van der Waals surface area contributed by atoms with Crippen LogP contribution in [-0.2, 0) is 0 Å². The SMILES string of the molecule is CC1CC=Cc2c1c1cc(-c3nc(Cl)nc4ccc5ccccc5c34)ccc1n2-c1ccccc1. The van der Waals surface area contributed by atoms with Crippen LogP contribution in [0.4, 0.5) is 0 Å². The van der Waals surface area contributed by atoms with Crippen molar-refractivity contribution >= 4 is 50.3 Å². The van der Waals surface area contributed by atoms with E-state index in [0.717, 1.165) is 34.0 Å². The fourth-order valence-electron chi connectivity index (χ4n) is 5.60. The topological polar surface area (TPSA) is 30.7 Å². The first kappa shape index (κ1) is 20.4. The van der Waals surface area contributed by atoms with Crippen LogP contribution in [0.3, 0.4) is 0 Å². The number of para-hydroxylation sites is 1. The van der Waals surface area contributed by atoms with Crippen LogP contribution in [0.5, 0.6) is 0 Å². The lowest BCUT2D eigenvalue weighted by Gasteiger charge is -2.16. The molecule has 7 rings (SSSR count). The van der Waals surface area contributed by atoms with Gasteiger partial charge in [-0.1, -0.05) is 67.6 Å². The summed E-state index contributed by atoms with van der Waals surface area (Å²) in [5, 5.41) is 4.87. The molecule has 3 nitrogen and oxygen atoms in total. The van der Waals surface area contributed by atoms with Gasteiger partial charge in [0.15, 0.2) is 0 Å². The predicted octanol–water partition coefficient (Wildman–Crippen LogP) is 8.57. The number of hydrogen-bond acceptors (Lipinski definition) is 2. The van der Waals surface area contributed by atoms with Crippen LogP contribution in [0.15, 0.2) is 91.0 Å². The maximum atomic E-state index is 6.43. The Labute approximate surface area is 208 Å². The zero-order chi connectivity index (χ0) is 23.5. The van der Waals surface area contributed by atoms with E-state index in [2.05, 4.69) is 107 Å². The van der Waals surface area contributed by atoms with Crippen LogP contribution in [0.25, 0.3) is 55.6 Å².